The average molecular weight is 279 g/mol. The van der Waals surface area contributed by atoms with Crippen molar-refractivity contribution in [2.24, 2.45) is 0 Å². The van der Waals surface area contributed by atoms with Gasteiger partial charge in [0.05, 0.1) is 0 Å². The molecule has 1 fully saturated rings. The molecule has 0 spiro atoms. The van der Waals surface area contributed by atoms with Crippen LogP contribution in [-0.4, -0.2) is 6.04 Å². The van der Waals surface area contributed by atoms with Crippen LogP contribution in [0.1, 0.15) is 47.9 Å². The first-order valence-electron chi connectivity index (χ1n) is 8.09. The number of nitrogens with one attached hydrogen (secondary N) is 1. The Morgan fingerprint density at radius 3 is 2.43 bits per heavy atom. The fourth-order valence-electron chi connectivity index (χ4n) is 2.86. The smallest absolute Gasteiger partial charge is 0.0208 e. The minimum Gasteiger partial charge on any atom is -0.310 e. The van der Waals surface area contributed by atoms with Crippen LogP contribution in [0.15, 0.2) is 48.5 Å². The van der Waals surface area contributed by atoms with Gasteiger partial charge in [-0.05, 0) is 61.3 Å². The van der Waals surface area contributed by atoms with E-state index in [0.29, 0.717) is 6.04 Å². The summed E-state index contributed by atoms with van der Waals surface area (Å²) in [5.74, 6) is 0.854. The third kappa shape index (κ3) is 3.95. The zero-order valence-electron chi connectivity index (χ0n) is 13.1. The van der Waals surface area contributed by atoms with E-state index >= 15 is 0 Å². The Bertz CT molecular complexity index is 581. The maximum absolute atomic E-state index is 3.64. The summed E-state index contributed by atoms with van der Waals surface area (Å²) in [6, 6.07) is 18.3. The predicted octanol–water partition coefficient (Wildman–Crippen LogP) is 4.59. The molecule has 1 N–H and O–H groups in total. The number of benzene rings is 2. The molecule has 0 amide bonds. The second kappa shape index (κ2) is 6.44. The van der Waals surface area contributed by atoms with Crippen LogP contribution in [-0.2, 0) is 13.0 Å². The zero-order valence-corrected chi connectivity index (χ0v) is 13.1. The van der Waals surface area contributed by atoms with Gasteiger partial charge in [-0.3, -0.25) is 0 Å². The molecular formula is C20H25N. The molecule has 1 atom stereocenters. The lowest BCUT2D eigenvalue weighted by molar-refractivity contribution is 0.544. The zero-order chi connectivity index (χ0) is 14.7. The summed E-state index contributed by atoms with van der Waals surface area (Å²) in [6.07, 6.45) is 3.85. The summed E-state index contributed by atoms with van der Waals surface area (Å²) < 4.78 is 0. The molecule has 1 saturated carbocycles. The van der Waals surface area contributed by atoms with E-state index < -0.39 is 0 Å². The molecule has 1 unspecified atom stereocenters. The van der Waals surface area contributed by atoms with Crippen molar-refractivity contribution < 1.29 is 0 Å². The Kier molecular flexibility index (Phi) is 4.40. The SMILES string of the molecule is Cc1ccccc1CC(C)NCc1ccc(C2CC2)cc1. The molecule has 0 bridgehead atoms. The Balaban J connectivity index is 1.51. The molecule has 1 nitrogen and oxygen atoms in total. The summed E-state index contributed by atoms with van der Waals surface area (Å²) in [5, 5.41) is 3.64. The third-order valence-electron chi connectivity index (χ3n) is 4.47. The monoisotopic (exact) mass is 279 g/mol. The number of aryl methyl sites for hydroxylation is 1. The number of hydrogen-bond acceptors (Lipinski definition) is 1. The summed E-state index contributed by atoms with van der Waals surface area (Å²) in [4.78, 5) is 0. The minimum absolute atomic E-state index is 0.495. The van der Waals surface area contributed by atoms with Gasteiger partial charge < -0.3 is 5.32 Å². The van der Waals surface area contributed by atoms with Crippen LogP contribution >= 0.6 is 0 Å². The van der Waals surface area contributed by atoms with Crippen molar-refractivity contribution in [1.29, 1.82) is 0 Å². The molecule has 0 aromatic heterocycles. The summed E-state index contributed by atoms with van der Waals surface area (Å²) in [6.45, 7) is 5.42. The molecule has 1 heteroatoms. The second-order valence-corrected chi connectivity index (χ2v) is 6.43. The molecule has 0 saturated heterocycles. The molecule has 0 heterocycles. The maximum Gasteiger partial charge on any atom is 0.0208 e. The second-order valence-electron chi connectivity index (χ2n) is 6.43. The highest BCUT2D eigenvalue weighted by Crippen LogP contribution is 2.39. The summed E-state index contributed by atoms with van der Waals surface area (Å²) in [5.41, 5.74) is 5.74. The van der Waals surface area contributed by atoms with Crippen molar-refractivity contribution in [1.82, 2.24) is 5.32 Å². The Hall–Kier alpha value is -1.60. The molecule has 2 aromatic rings. The standard InChI is InChI=1S/C20H25N/c1-15-5-3-4-6-20(15)13-16(2)21-14-17-7-9-18(10-8-17)19-11-12-19/h3-10,16,19,21H,11-14H2,1-2H3. The molecule has 1 aliphatic carbocycles. The first-order chi connectivity index (χ1) is 10.2. The molecule has 2 aromatic carbocycles. The van der Waals surface area contributed by atoms with Gasteiger partial charge in [-0.2, -0.15) is 0 Å². The van der Waals surface area contributed by atoms with E-state index in [9.17, 15) is 0 Å². The van der Waals surface area contributed by atoms with E-state index in [1.165, 1.54) is 35.1 Å². The van der Waals surface area contributed by atoms with Gasteiger partial charge >= 0.3 is 0 Å². The van der Waals surface area contributed by atoms with Gasteiger partial charge in [-0.15, -0.1) is 0 Å². The Labute approximate surface area is 128 Å². The quantitative estimate of drug-likeness (QED) is 0.815. The van der Waals surface area contributed by atoms with Crippen molar-refractivity contribution in [3.05, 3.63) is 70.8 Å². The highest BCUT2D eigenvalue weighted by Gasteiger charge is 2.22. The highest BCUT2D eigenvalue weighted by molar-refractivity contribution is 5.28. The van der Waals surface area contributed by atoms with Gasteiger partial charge in [0.2, 0.25) is 0 Å². The lowest BCUT2D eigenvalue weighted by atomic mass is 10.0. The van der Waals surface area contributed by atoms with E-state index in [1.54, 1.807) is 0 Å². The van der Waals surface area contributed by atoms with Crippen LogP contribution in [0.2, 0.25) is 0 Å². The molecule has 1 aliphatic rings. The lowest BCUT2D eigenvalue weighted by Crippen LogP contribution is -2.27. The predicted molar refractivity (Wildman–Crippen MR) is 89.6 cm³/mol. The first kappa shape index (κ1) is 14.3. The van der Waals surface area contributed by atoms with Crippen molar-refractivity contribution in [3.8, 4) is 0 Å². The van der Waals surface area contributed by atoms with Gasteiger partial charge in [-0.25, -0.2) is 0 Å². The molecule has 21 heavy (non-hydrogen) atoms. The third-order valence-corrected chi connectivity index (χ3v) is 4.47. The summed E-state index contributed by atoms with van der Waals surface area (Å²) >= 11 is 0. The van der Waals surface area contributed by atoms with Crippen molar-refractivity contribution in [3.63, 3.8) is 0 Å². The van der Waals surface area contributed by atoms with E-state index in [1.807, 2.05) is 0 Å². The molecule has 0 radical (unpaired) electrons. The van der Waals surface area contributed by atoms with Crippen LogP contribution in [0, 0.1) is 6.92 Å². The fourth-order valence-corrected chi connectivity index (χ4v) is 2.86. The topological polar surface area (TPSA) is 12.0 Å². The van der Waals surface area contributed by atoms with Crippen molar-refractivity contribution in [2.45, 2.75) is 51.6 Å². The normalized spacial score (nSPS) is 15.9. The van der Waals surface area contributed by atoms with Gasteiger partial charge in [0.1, 0.15) is 0 Å². The number of hydrogen-bond donors (Lipinski definition) is 1. The van der Waals surface area contributed by atoms with Crippen LogP contribution in [0.3, 0.4) is 0 Å². The largest absolute Gasteiger partial charge is 0.310 e. The molecule has 0 aliphatic heterocycles. The highest BCUT2D eigenvalue weighted by atomic mass is 14.9. The van der Waals surface area contributed by atoms with Crippen LogP contribution in [0.25, 0.3) is 0 Å². The van der Waals surface area contributed by atoms with Gasteiger partial charge in [-0.1, -0.05) is 48.5 Å². The molecule has 3 rings (SSSR count). The van der Waals surface area contributed by atoms with Gasteiger partial charge in [0.15, 0.2) is 0 Å². The Morgan fingerprint density at radius 1 is 1.05 bits per heavy atom. The van der Waals surface area contributed by atoms with E-state index in [-0.39, 0.29) is 0 Å². The summed E-state index contributed by atoms with van der Waals surface area (Å²) in [7, 11) is 0. The Morgan fingerprint density at radius 2 is 1.76 bits per heavy atom. The van der Waals surface area contributed by atoms with E-state index in [2.05, 4.69) is 67.7 Å². The van der Waals surface area contributed by atoms with E-state index in [4.69, 9.17) is 0 Å². The van der Waals surface area contributed by atoms with Gasteiger partial charge in [0, 0.05) is 12.6 Å². The van der Waals surface area contributed by atoms with Crippen LogP contribution < -0.4 is 5.32 Å². The lowest BCUT2D eigenvalue weighted by Gasteiger charge is -2.15. The molecule has 110 valence electrons. The maximum atomic E-state index is 3.64. The molecular weight excluding hydrogens is 254 g/mol. The number of rotatable bonds is 6. The average Bonchev–Trinajstić information content (AvgIpc) is 3.33. The van der Waals surface area contributed by atoms with Crippen molar-refractivity contribution >= 4 is 0 Å². The first-order valence-corrected chi connectivity index (χ1v) is 8.09. The van der Waals surface area contributed by atoms with Gasteiger partial charge in [0.25, 0.3) is 0 Å². The van der Waals surface area contributed by atoms with Crippen molar-refractivity contribution in [2.75, 3.05) is 0 Å². The minimum atomic E-state index is 0.495. The van der Waals surface area contributed by atoms with Crippen LogP contribution in [0.4, 0.5) is 0 Å². The van der Waals surface area contributed by atoms with E-state index in [0.717, 1.165) is 18.9 Å². The van der Waals surface area contributed by atoms with Crippen LogP contribution in [0.5, 0.6) is 0 Å². The fraction of sp³-hybridized carbons (Fsp3) is 0.400.